The Kier molecular flexibility index (Phi) is 4.02. The van der Waals surface area contributed by atoms with E-state index in [0.717, 1.165) is 12.1 Å². The number of carbonyl (C=O) groups excluding carboxylic acids is 1. The van der Waals surface area contributed by atoms with Crippen LogP contribution in [0.4, 0.5) is 4.79 Å². The number of nitrogens with zero attached hydrogens (tertiary/aromatic N) is 2. The van der Waals surface area contributed by atoms with Gasteiger partial charge in [-0.1, -0.05) is 13.0 Å². The Bertz CT molecular complexity index is 707. The Labute approximate surface area is 116 Å². The number of rotatable bonds is 3. The fourth-order valence-electron chi connectivity index (χ4n) is 1.91. The zero-order valence-corrected chi connectivity index (χ0v) is 11.8. The summed E-state index contributed by atoms with van der Waals surface area (Å²) < 4.78 is 6.52. The summed E-state index contributed by atoms with van der Waals surface area (Å²) in [5.41, 5.74) is 1.29. The van der Waals surface area contributed by atoms with Gasteiger partial charge in [0.1, 0.15) is 5.65 Å². The second-order valence-corrected chi connectivity index (χ2v) is 4.51. The predicted octanol–water partition coefficient (Wildman–Crippen LogP) is 1.81. The molecule has 0 bridgehead atoms. The average molecular weight is 275 g/mol. The lowest BCUT2D eigenvalue weighted by atomic mass is 10.3. The van der Waals surface area contributed by atoms with E-state index >= 15 is 0 Å². The predicted molar refractivity (Wildman–Crippen MR) is 75.3 cm³/mol. The minimum Gasteiger partial charge on any atom is -0.402 e. The second kappa shape index (κ2) is 5.73. The Morgan fingerprint density at radius 1 is 1.40 bits per heavy atom. The zero-order valence-electron chi connectivity index (χ0n) is 11.8. The maximum atomic E-state index is 12.4. The first kappa shape index (κ1) is 14.0. The smallest absolute Gasteiger partial charge is 0.402 e. The minimum atomic E-state index is -0.637. The van der Waals surface area contributed by atoms with Crippen molar-refractivity contribution in [3.63, 3.8) is 0 Å². The average Bonchev–Trinajstić information content (AvgIpc) is 2.41. The molecule has 0 aromatic carbocycles. The molecule has 0 saturated carbocycles. The molecule has 2 aromatic rings. The molecule has 0 fully saturated rings. The molecule has 106 valence electrons. The van der Waals surface area contributed by atoms with E-state index in [1.165, 1.54) is 4.40 Å². The lowest BCUT2D eigenvalue weighted by molar-refractivity contribution is 0.199. The Hall–Kier alpha value is -2.37. The SMILES string of the molecule is CCCNC(=O)Oc1c(C)nc2cccc(C)n2c1=O. The van der Waals surface area contributed by atoms with Crippen LogP contribution in [0.1, 0.15) is 24.7 Å². The highest BCUT2D eigenvalue weighted by Gasteiger charge is 2.15. The van der Waals surface area contributed by atoms with E-state index in [1.54, 1.807) is 26.0 Å². The summed E-state index contributed by atoms with van der Waals surface area (Å²) >= 11 is 0. The van der Waals surface area contributed by atoms with Crippen LogP contribution in [0.5, 0.6) is 5.75 Å². The van der Waals surface area contributed by atoms with Crippen molar-refractivity contribution in [2.75, 3.05) is 6.54 Å². The standard InChI is InChI=1S/C14H17N3O3/c1-4-8-15-14(19)20-12-10(3)16-11-7-5-6-9(2)17(11)13(12)18/h5-7H,4,8H2,1-3H3,(H,15,19). The molecule has 0 spiro atoms. The Morgan fingerprint density at radius 2 is 2.15 bits per heavy atom. The van der Waals surface area contributed by atoms with Gasteiger partial charge < -0.3 is 10.1 Å². The molecule has 0 radical (unpaired) electrons. The van der Waals surface area contributed by atoms with Crippen molar-refractivity contribution in [2.45, 2.75) is 27.2 Å². The van der Waals surface area contributed by atoms with E-state index in [9.17, 15) is 9.59 Å². The summed E-state index contributed by atoms with van der Waals surface area (Å²) in [7, 11) is 0. The van der Waals surface area contributed by atoms with E-state index in [0.29, 0.717) is 17.9 Å². The highest BCUT2D eigenvalue weighted by molar-refractivity contribution is 5.70. The Balaban J connectivity index is 2.46. The van der Waals surface area contributed by atoms with Crippen LogP contribution in [-0.4, -0.2) is 22.0 Å². The summed E-state index contributed by atoms with van der Waals surface area (Å²) in [6.45, 7) is 5.87. The molecular formula is C14H17N3O3. The normalized spacial score (nSPS) is 10.6. The first-order valence-electron chi connectivity index (χ1n) is 6.49. The van der Waals surface area contributed by atoms with E-state index < -0.39 is 6.09 Å². The number of pyridine rings is 1. The van der Waals surface area contributed by atoms with Gasteiger partial charge >= 0.3 is 11.7 Å². The molecule has 2 aromatic heterocycles. The van der Waals surface area contributed by atoms with Crippen LogP contribution in [0.3, 0.4) is 0 Å². The molecule has 0 unspecified atom stereocenters. The number of carbonyl (C=O) groups is 1. The van der Waals surface area contributed by atoms with Gasteiger partial charge in [0.15, 0.2) is 0 Å². The van der Waals surface area contributed by atoms with E-state index in [-0.39, 0.29) is 11.3 Å². The summed E-state index contributed by atoms with van der Waals surface area (Å²) in [4.78, 5) is 28.3. The van der Waals surface area contributed by atoms with Gasteiger partial charge in [0, 0.05) is 12.2 Å². The quantitative estimate of drug-likeness (QED) is 0.927. The number of hydrogen-bond donors (Lipinski definition) is 1. The molecule has 2 heterocycles. The number of ether oxygens (including phenoxy) is 1. The van der Waals surface area contributed by atoms with Crippen LogP contribution >= 0.6 is 0 Å². The highest BCUT2D eigenvalue weighted by atomic mass is 16.6. The number of amides is 1. The lowest BCUT2D eigenvalue weighted by Crippen LogP contribution is -2.31. The van der Waals surface area contributed by atoms with Crippen LogP contribution in [-0.2, 0) is 0 Å². The molecule has 0 saturated heterocycles. The first-order valence-corrected chi connectivity index (χ1v) is 6.49. The van der Waals surface area contributed by atoms with Crippen molar-refractivity contribution >= 4 is 11.7 Å². The van der Waals surface area contributed by atoms with Crippen molar-refractivity contribution in [3.8, 4) is 5.75 Å². The van der Waals surface area contributed by atoms with Crippen molar-refractivity contribution in [1.82, 2.24) is 14.7 Å². The maximum absolute atomic E-state index is 12.4. The van der Waals surface area contributed by atoms with Crippen LogP contribution in [0.25, 0.3) is 5.65 Å². The number of aromatic nitrogens is 2. The molecule has 2 rings (SSSR count). The van der Waals surface area contributed by atoms with Crippen molar-refractivity contribution in [3.05, 3.63) is 39.9 Å². The van der Waals surface area contributed by atoms with E-state index in [2.05, 4.69) is 10.3 Å². The molecule has 1 amide bonds. The lowest BCUT2D eigenvalue weighted by Gasteiger charge is -2.10. The first-order chi connectivity index (χ1) is 9.54. The van der Waals surface area contributed by atoms with Gasteiger partial charge in [-0.15, -0.1) is 0 Å². The third-order valence-corrected chi connectivity index (χ3v) is 2.89. The van der Waals surface area contributed by atoms with Gasteiger partial charge in [-0.3, -0.25) is 9.20 Å². The molecule has 0 atom stereocenters. The minimum absolute atomic E-state index is 0.0367. The van der Waals surface area contributed by atoms with Gasteiger partial charge in [0.25, 0.3) is 0 Å². The molecule has 1 N–H and O–H groups in total. The molecule has 6 nitrogen and oxygen atoms in total. The largest absolute Gasteiger partial charge is 0.412 e. The van der Waals surface area contributed by atoms with Gasteiger partial charge in [-0.05, 0) is 32.4 Å². The second-order valence-electron chi connectivity index (χ2n) is 4.51. The maximum Gasteiger partial charge on any atom is 0.412 e. The zero-order chi connectivity index (χ0) is 14.7. The van der Waals surface area contributed by atoms with Gasteiger partial charge in [0.05, 0.1) is 5.69 Å². The number of nitrogens with one attached hydrogen (secondary N) is 1. The van der Waals surface area contributed by atoms with Crippen LogP contribution in [0.2, 0.25) is 0 Å². The molecule has 0 aliphatic carbocycles. The number of aryl methyl sites for hydroxylation is 2. The van der Waals surface area contributed by atoms with Gasteiger partial charge in [-0.2, -0.15) is 0 Å². The van der Waals surface area contributed by atoms with Crippen molar-refractivity contribution in [2.24, 2.45) is 0 Å². The highest BCUT2D eigenvalue weighted by Crippen LogP contribution is 2.12. The Morgan fingerprint density at radius 3 is 2.85 bits per heavy atom. The summed E-state index contributed by atoms with van der Waals surface area (Å²) in [6.07, 6.45) is 0.157. The summed E-state index contributed by atoms with van der Waals surface area (Å²) in [6, 6.07) is 5.36. The van der Waals surface area contributed by atoms with E-state index in [1.807, 2.05) is 13.0 Å². The van der Waals surface area contributed by atoms with Crippen molar-refractivity contribution < 1.29 is 9.53 Å². The fourth-order valence-corrected chi connectivity index (χ4v) is 1.91. The molecule has 20 heavy (non-hydrogen) atoms. The van der Waals surface area contributed by atoms with Crippen LogP contribution in [0.15, 0.2) is 23.0 Å². The monoisotopic (exact) mass is 275 g/mol. The topological polar surface area (TPSA) is 72.7 Å². The third-order valence-electron chi connectivity index (χ3n) is 2.89. The van der Waals surface area contributed by atoms with Crippen LogP contribution < -0.4 is 15.6 Å². The van der Waals surface area contributed by atoms with Gasteiger partial charge in [0.2, 0.25) is 5.75 Å². The summed E-state index contributed by atoms with van der Waals surface area (Å²) in [5, 5.41) is 2.56. The van der Waals surface area contributed by atoms with E-state index in [4.69, 9.17) is 4.74 Å². The van der Waals surface area contributed by atoms with Crippen LogP contribution in [0, 0.1) is 13.8 Å². The third kappa shape index (κ3) is 2.64. The molecule has 0 aliphatic rings. The number of fused-ring (bicyclic) bond motifs is 1. The molecular weight excluding hydrogens is 258 g/mol. The van der Waals surface area contributed by atoms with Crippen molar-refractivity contribution in [1.29, 1.82) is 0 Å². The molecule has 0 aliphatic heterocycles. The summed E-state index contributed by atoms with van der Waals surface area (Å²) in [5.74, 6) is -0.0367. The van der Waals surface area contributed by atoms with Gasteiger partial charge in [-0.25, -0.2) is 9.78 Å². The number of hydrogen-bond acceptors (Lipinski definition) is 4. The molecule has 6 heteroatoms. The fraction of sp³-hybridized carbons (Fsp3) is 0.357.